The lowest BCUT2D eigenvalue weighted by atomic mass is 10.2. The fourth-order valence-corrected chi connectivity index (χ4v) is 4.21. The smallest absolute Gasteiger partial charge is 0.154 e. The summed E-state index contributed by atoms with van der Waals surface area (Å²) in [7, 11) is -3.09. The number of aliphatic hydroxyl groups is 1. The van der Waals surface area contributed by atoms with E-state index in [4.69, 9.17) is 11.6 Å². The number of halogens is 1. The predicted molar refractivity (Wildman–Crippen MR) is 79.6 cm³/mol. The predicted octanol–water partition coefficient (Wildman–Crippen LogP) is 0.177. The highest BCUT2D eigenvalue weighted by molar-refractivity contribution is 7.91. The third kappa shape index (κ3) is 4.43. The zero-order chi connectivity index (χ0) is 14.6. The van der Waals surface area contributed by atoms with Crippen LogP contribution in [0, 0.1) is 0 Å². The number of nitrogens with one attached hydrogen (secondary N) is 2. The molecule has 0 saturated carbocycles. The molecule has 0 spiro atoms. The number of aliphatic hydroxyl groups excluding tert-OH is 1. The van der Waals surface area contributed by atoms with Crippen molar-refractivity contribution in [2.45, 2.75) is 18.7 Å². The second kappa shape index (κ2) is 6.87. The molecule has 0 amide bonds. The quantitative estimate of drug-likeness (QED) is 0.652. The molecule has 0 aromatic heterocycles. The normalized spacial score (nSPS) is 24.9. The van der Waals surface area contributed by atoms with Gasteiger partial charge in [-0.1, -0.05) is 29.8 Å². The standard InChI is InChI=1S/C13H19ClN2O3S/c14-11-4-2-1-3-10(11)7-15-5-6-16-12-8-20(18,19)9-13(12)17/h1-4,12-13,15-17H,5-9H2/t12-,13-/m0/s1. The van der Waals surface area contributed by atoms with Gasteiger partial charge in [0.25, 0.3) is 0 Å². The molecular formula is C13H19ClN2O3S. The summed E-state index contributed by atoms with van der Waals surface area (Å²) in [5, 5.41) is 16.6. The van der Waals surface area contributed by atoms with Gasteiger partial charge in [0.2, 0.25) is 0 Å². The maximum absolute atomic E-state index is 11.3. The van der Waals surface area contributed by atoms with Crippen LogP contribution in [-0.2, 0) is 16.4 Å². The molecule has 1 heterocycles. The lowest BCUT2D eigenvalue weighted by Gasteiger charge is -2.15. The van der Waals surface area contributed by atoms with Crippen molar-refractivity contribution >= 4 is 21.4 Å². The zero-order valence-corrected chi connectivity index (χ0v) is 12.6. The molecule has 112 valence electrons. The fraction of sp³-hybridized carbons (Fsp3) is 0.538. The third-order valence-electron chi connectivity index (χ3n) is 3.30. The van der Waals surface area contributed by atoms with Gasteiger partial charge in [-0.15, -0.1) is 0 Å². The second-order valence-electron chi connectivity index (χ2n) is 4.97. The summed E-state index contributed by atoms with van der Waals surface area (Å²) in [4.78, 5) is 0. The van der Waals surface area contributed by atoms with Crippen LogP contribution in [-0.4, -0.2) is 50.3 Å². The Bertz CT molecular complexity index is 550. The molecule has 2 rings (SSSR count). The molecule has 7 heteroatoms. The van der Waals surface area contributed by atoms with Crippen LogP contribution in [0.15, 0.2) is 24.3 Å². The Morgan fingerprint density at radius 2 is 2.00 bits per heavy atom. The minimum atomic E-state index is -3.09. The van der Waals surface area contributed by atoms with E-state index >= 15 is 0 Å². The van der Waals surface area contributed by atoms with Crippen LogP contribution >= 0.6 is 11.6 Å². The van der Waals surface area contributed by atoms with Gasteiger partial charge in [-0.05, 0) is 11.6 Å². The summed E-state index contributed by atoms with van der Waals surface area (Å²) in [6.45, 7) is 1.93. The summed E-state index contributed by atoms with van der Waals surface area (Å²) >= 11 is 6.04. The number of sulfone groups is 1. The Labute approximate surface area is 124 Å². The van der Waals surface area contributed by atoms with Gasteiger partial charge < -0.3 is 15.7 Å². The third-order valence-corrected chi connectivity index (χ3v) is 5.39. The second-order valence-corrected chi connectivity index (χ2v) is 7.53. The Balaban J connectivity index is 1.66. The van der Waals surface area contributed by atoms with Gasteiger partial charge in [-0.3, -0.25) is 0 Å². The van der Waals surface area contributed by atoms with Gasteiger partial charge in [0.05, 0.1) is 17.6 Å². The van der Waals surface area contributed by atoms with Crippen LogP contribution in [0.5, 0.6) is 0 Å². The molecule has 5 nitrogen and oxygen atoms in total. The van der Waals surface area contributed by atoms with Gasteiger partial charge >= 0.3 is 0 Å². The Morgan fingerprint density at radius 3 is 2.65 bits per heavy atom. The van der Waals surface area contributed by atoms with E-state index in [1.165, 1.54) is 0 Å². The molecule has 1 aliphatic rings. The number of hydrogen-bond acceptors (Lipinski definition) is 5. The molecular weight excluding hydrogens is 300 g/mol. The van der Waals surface area contributed by atoms with Crippen LogP contribution in [0.4, 0.5) is 0 Å². The Morgan fingerprint density at radius 1 is 1.25 bits per heavy atom. The van der Waals surface area contributed by atoms with Crippen molar-refractivity contribution in [1.29, 1.82) is 0 Å². The molecule has 2 atom stereocenters. The average molecular weight is 319 g/mol. The number of benzene rings is 1. The first kappa shape index (κ1) is 15.7. The van der Waals surface area contributed by atoms with Crippen molar-refractivity contribution in [2.75, 3.05) is 24.6 Å². The van der Waals surface area contributed by atoms with Crippen LogP contribution < -0.4 is 10.6 Å². The van der Waals surface area contributed by atoms with E-state index in [-0.39, 0.29) is 17.5 Å². The van der Waals surface area contributed by atoms with Crippen LogP contribution in [0.2, 0.25) is 5.02 Å². The molecule has 20 heavy (non-hydrogen) atoms. The van der Waals surface area contributed by atoms with Crippen LogP contribution in [0.1, 0.15) is 5.56 Å². The van der Waals surface area contributed by atoms with Crippen molar-refractivity contribution in [2.24, 2.45) is 0 Å². The minimum absolute atomic E-state index is 0.0126. The van der Waals surface area contributed by atoms with Gasteiger partial charge in [0.1, 0.15) is 0 Å². The van der Waals surface area contributed by atoms with Crippen LogP contribution in [0.25, 0.3) is 0 Å². The minimum Gasteiger partial charge on any atom is -0.390 e. The first-order valence-corrected chi connectivity index (χ1v) is 8.74. The first-order chi connectivity index (χ1) is 9.48. The van der Waals surface area contributed by atoms with E-state index in [9.17, 15) is 13.5 Å². The van der Waals surface area contributed by atoms with Gasteiger partial charge in [0, 0.05) is 30.7 Å². The summed E-state index contributed by atoms with van der Waals surface area (Å²) in [6.07, 6.45) is -0.802. The Hall–Kier alpha value is -0.660. The largest absolute Gasteiger partial charge is 0.390 e. The van der Waals surface area contributed by atoms with Crippen molar-refractivity contribution in [3.8, 4) is 0 Å². The molecule has 1 saturated heterocycles. The van der Waals surface area contributed by atoms with Crippen molar-refractivity contribution in [3.05, 3.63) is 34.9 Å². The monoisotopic (exact) mass is 318 g/mol. The van der Waals surface area contributed by atoms with Crippen molar-refractivity contribution in [1.82, 2.24) is 10.6 Å². The summed E-state index contributed by atoms with van der Waals surface area (Å²) in [5.41, 5.74) is 1.03. The van der Waals surface area contributed by atoms with Crippen molar-refractivity contribution < 1.29 is 13.5 Å². The van der Waals surface area contributed by atoms with E-state index in [1.807, 2.05) is 24.3 Å². The molecule has 0 unspecified atom stereocenters. The van der Waals surface area contributed by atoms with E-state index in [2.05, 4.69) is 10.6 Å². The van der Waals surface area contributed by atoms with E-state index in [0.29, 0.717) is 19.6 Å². The molecule has 1 aliphatic heterocycles. The number of rotatable bonds is 6. The SMILES string of the molecule is O=S1(=O)C[C@H](NCCNCc2ccccc2Cl)[C@@H](O)C1. The lowest BCUT2D eigenvalue weighted by Crippen LogP contribution is -2.42. The zero-order valence-electron chi connectivity index (χ0n) is 11.0. The molecule has 1 fully saturated rings. The topological polar surface area (TPSA) is 78.4 Å². The summed E-state index contributed by atoms with van der Waals surface area (Å²) in [5.74, 6) is -0.129. The van der Waals surface area contributed by atoms with Gasteiger partial charge in [0.15, 0.2) is 9.84 Å². The van der Waals surface area contributed by atoms with E-state index in [0.717, 1.165) is 10.6 Å². The van der Waals surface area contributed by atoms with E-state index < -0.39 is 15.9 Å². The van der Waals surface area contributed by atoms with Crippen molar-refractivity contribution in [3.63, 3.8) is 0 Å². The molecule has 3 N–H and O–H groups in total. The highest BCUT2D eigenvalue weighted by Gasteiger charge is 2.35. The summed E-state index contributed by atoms with van der Waals surface area (Å²) in [6, 6.07) is 7.25. The van der Waals surface area contributed by atoms with Crippen LogP contribution in [0.3, 0.4) is 0 Å². The highest BCUT2D eigenvalue weighted by Crippen LogP contribution is 2.14. The lowest BCUT2D eigenvalue weighted by molar-refractivity contribution is 0.166. The molecule has 0 bridgehead atoms. The van der Waals surface area contributed by atoms with Gasteiger partial charge in [-0.25, -0.2) is 8.42 Å². The molecule has 0 radical (unpaired) electrons. The summed E-state index contributed by atoms with van der Waals surface area (Å²) < 4.78 is 22.7. The molecule has 0 aliphatic carbocycles. The molecule has 1 aromatic rings. The Kier molecular flexibility index (Phi) is 5.40. The average Bonchev–Trinajstić information content (AvgIpc) is 2.64. The molecule has 1 aromatic carbocycles. The maximum Gasteiger partial charge on any atom is 0.154 e. The fourth-order valence-electron chi connectivity index (χ4n) is 2.23. The number of hydrogen-bond donors (Lipinski definition) is 3. The van der Waals surface area contributed by atoms with E-state index in [1.54, 1.807) is 0 Å². The van der Waals surface area contributed by atoms with Gasteiger partial charge in [-0.2, -0.15) is 0 Å². The highest BCUT2D eigenvalue weighted by atomic mass is 35.5. The first-order valence-electron chi connectivity index (χ1n) is 6.54. The maximum atomic E-state index is 11.3.